The monoisotopic (exact) mass is 297 g/mol. The van der Waals surface area contributed by atoms with Crippen molar-refractivity contribution >= 4 is 17.7 Å². The van der Waals surface area contributed by atoms with Gasteiger partial charge < -0.3 is 10.1 Å². The molecule has 5 nitrogen and oxygen atoms in total. The third kappa shape index (κ3) is 4.05. The lowest BCUT2D eigenvalue weighted by Gasteiger charge is -2.08. The van der Waals surface area contributed by atoms with Gasteiger partial charge in [0.15, 0.2) is 0 Å². The first-order chi connectivity index (χ1) is 10.8. The van der Waals surface area contributed by atoms with Crippen LogP contribution in [-0.2, 0) is 16.1 Å². The number of hydrogen-bond donors (Lipinski definition) is 1. The minimum absolute atomic E-state index is 0.166. The molecule has 3 rings (SSSR count). The standard InChI is InChI=1S/C17H19N3O2/c21-17(9-8-14-5-2-1-3-6-14)19-15-11-18-20(12-15)13-16-7-4-10-22-16/h1-3,5-6,8-9,11-12,16H,4,7,10,13H2,(H,19,21)/b9-8-/t16-/m1/s1. The Balaban J connectivity index is 1.53. The van der Waals surface area contributed by atoms with Crippen LogP contribution in [0.15, 0.2) is 48.8 Å². The van der Waals surface area contributed by atoms with E-state index in [2.05, 4.69) is 10.4 Å². The van der Waals surface area contributed by atoms with Gasteiger partial charge in [-0.1, -0.05) is 30.3 Å². The highest BCUT2D eigenvalue weighted by Crippen LogP contribution is 2.15. The van der Waals surface area contributed by atoms with Crippen LogP contribution in [0.1, 0.15) is 18.4 Å². The summed E-state index contributed by atoms with van der Waals surface area (Å²) in [6.45, 7) is 1.57. The van der Waals surface area contributed by atoms with Crippen LogP contribution in [0.5, 0.6) is 0 Å². The topological polar surface area (TPSA) is 56.2 Å². The van der Waals surface area contributed by atoms with Gasteiger partial charge in [0.2, 0.25) is 5.91 Å². The highest BCUT2D eigenvalue weighted by Gasteiger charge is 2.16. The first-order valence-corrected chi connectivity index (χ1v) is 7.48. The van der Waals surface area contributed by atoms with E-state index in [0.717, 1.165) is 31.6 Å². The van der Waals surface area contributed by atoms with Crippen molar-refractivity contribution in [3.05, 3.63) is 54.4 Å². The maximum Gasteiger partial charge on any atom is 0.248 e. The fourth-order valence-electron chi connectivity index (χ4n) is 2.44. The summed E-state index contributed by atoms with van der Waals surface area (Å²) in [6, 6.07) is 9.71. The number of rotatable bonds is 5. The first-order valence-electron chi connectivity index (χ1n) is 7.48. The molecule has 0 unspecified atom stereocenters. The number of nitrogens with zero attached hydrogens (tertiary/aromatic N) is 2. The second-order valence-corrected chi connectivity index (χ2v) is 5.32. The highest BCUT2D eigenvalue weighted by molar-refractivity contribution is 6.01. The Hall–Kier alpha value is -2.40. The molecular formula is C17H19N3O2. The number of hydrogen-bond acceptors (Lipinski definition) is 3. The molecule has 1 aromatic heterocycles. The van der Waals surface area contributed by atoms with Crippen LogP contribution in [0.4, 0.5) is 5.69 Å². The smallest absolute Gasteiger partial charge is 0.248 e. The summed E-state index contributed by atoms with van der Waals surface area (Å²) in [5, 5.41) is 7.06. The van der Waals surface area contributed by atoms with Crippen LogP contribution in [-0.4, -0.2) is 28.4 Å². The van der Waals surface area contributed by atoms with Crippen LogP contribution < -0.4 is 5.32 Å². The summed E-state index contributed by atoms with van der Waals surface area (Å²) in [5.41, 5.74) is 1.69. The second kappa shape index (κ2) is 7.04. The van der Waals surface area contributed by atoms with Gasteiger partial charge in [0, 0.05) is 18.9 Å². The lowest BCUT2D eigenvalue weighted by Crippen LogP contribution is -2.15. The van der Waals surface area contributed by atoms with Crippen molar-refractivity contribution in [3.8, 4) is 0 Å². The molecule has 1 atom stereocenters. The van der Waals surface area contributed by atoms with Gasteiger partial charge in [-0.2, -0.15) is 5.10 Å². The largest absolute Gasteiger partial charge is 0.376 e. The molecule has 1 aliphatic heterocycles. The van der Waals surface area contributed by atoms with E-state index in [1.165, 1.54) is 6.08 Å². The van der Waals surface area contributed by atoms with Crippen LogP contribution in [0.25, 0.3) is 6.08 Å². The zero-order chi connectivity index (χ0) is 15.2. The van der Waals surface area contributed by atoms with Crippen LogP contribution >= 0.6 is 0 Å². The number of carbonyl (C=O) groups is 1. The minimum Gasteiger partial charge on any atom is -0.376 e. The van der Waals surface area contributed by atoms with E-state index in [-0.39, 0.29) is 12.0 Å². The normalized spacial score (nSPS) is 17.9. The number of carbonyl (C=O) groups excluding carboxylic acids is 1. The molecule has 0 bridgehead atoms. The highest BCUT2D eigenvalue weighted by atomic mass is 16.5. The molecule has 1 fully saturated rings. The molecule has 0 radical (unpaired) electrons. The quantitative estimate of drug-likeness (QED) is 0.863. The van der Waals surface area contributed by atoms with Gasteiger partial charge >= 0.3 is 0 Å². The summed E-state index contributed by atoms with van der Waals surface area (Å²) in [6.07, 6.45) is 9.21. The molecule has 0 spiro atoms. The van der Waals surface area contributed by atoms with E-state index in [9.17, 15) is 4.79 Å². The Morgan fingerprint density at radius 1 is 1.41 bits per heavy atom. The average molecular weight is 297 g/mol. The van der Waals surface area contributed by atoms with Gasteiger partial charge in [0.1, 0.15) is 0 Å². The zero-order valence-electron chi connectivity index (χ0n) is 12.3. The fraction of sp³-hybridized carbons (Fsp3) is 0.294. The Kier molecular flexibility index (Phi) is 4.65. The van der Waals surface area contributed by atoms with Gasteiger partial charge in [0.05, 0.1) is 24.5 Å². The number of anilines is 1. The number of amides is 1. The van der Waals surface area contributed by atoms with Crippen molar-refractivity contribution in [2.75, 3.05) is 11.9 Å². The molecule has 1 N–H and O–H groups in total. The van der Waals surface area contributed by atoms with Crippen molar-refractivity contribution in [1.29, 1.82) is 0 Å². The lowest BCUT2D eigenvalue weighted by atomic mass is 10.2. The van der Waals surface area contributed by atoms with Crippen molar-refractivity contribution in [2.24, 2.45) is 0 Å². The van der Waals surface area contributed by atoms with E-state index >= 15 is 0 Å². The summed E-state index contributed by atoms with van der Waals surface area (Å²) in [4.78, 5) is 11.9. The third-order valence-corrected chi connectivity index (χ3v) is 3.54. The Morgan fingerprint density at radius 2 is 2.27 bits per heavy atom. The van der Waals surface area contributed by atoms with Crippen molar-refractivity contribution in [2.45, 2.75) is 25.5 Å². The molecule has 1 saturated heterocycles. The maximum atomic E-state index is 11.9. The molecule has 2 heterocycles. The maximum absolute atomic E-state index is 11.9. The summed E-state index contributed by atoms with van der Waals surface area (Å²) in [5.74, 6) is -0.166. The fourth-order valence-corrected chi connectivity index (χ4v) is 2.44. The van der Waals surface area contributed by atoms with Crippen molar-refractivity contribution in [3.63, 3.8) is 0 Å². The molecule has 5 heteroatoms. The zero-order valence-corrected chi connectivity index (χ0v) is 12.3. The molecule has 1 aliphatic rings. The Labute approximate surface area is 129 Å². The van der Waals surface area contributed by atoms with Gasteiger partial charge in [-0.3, -0.25) is 9.48 Å². The number of ether oxygens (including phenoxy) is 1. The van der Waals surface area contributed by atoms with E-state index in [1.807, 2.05) is 41.2 Å². The lowest BCUT2D eigenvalue weighted by molar-refractivity contribution is -0.111. The average Bonchev–Trinajstić information content (AvgIpc) is 3.19. The molecule has 0 saturated carbocycles. The van der Waals surface area contributed by atoms with E-state index < -0.39 is 0 Å². The minimum atomic E-state index is -0.166. The number of nitrogens with one attached hydrogen (secondary N) is 1. The van der Waals surface area contributed by atoms with Crippen molar-refractivity contribution < 1.29 is 9.53 Å². The number of benzene rings is 1. The van der Waals surface area contributed by atoms with E-state index in [1.54, 1.807) is 12.3 Å². The Morgan fingerprint density at radius 3 is 3.05 bits per heavy atom. The van der Waals surface area contributed by atoms with Crippen LogP contribution in [0, 0.1) is 0 Å². The molecule has 1 aromatic carbocycles. The van der Waals surface area contributed by atoms with Gasteiger partial charge in [-0.15, -0.1) is 0 Å². The molecule has 0 aliphatic carbocycles. The van der Waals surface area contributed by atoms with Crippen molar-refractivity contribution in [1.82, 2.24) is 9.78 Å². The Bertz CT molecular complexity index is 643. The predicted molar refractivity (Wildman–Crippen MR) is 85.3 cm³/mol. The van der Waals surface area contributed by atoms with Gasteiger partial charge in [-0.05, 0) is 24.5 Å². The number of aromatic nitrogens is 2. The molecule has 2 aromatic rings. The second-order valence-electron chi connectivity index (χ2n) is 5.32. The van der Waals surface area contributed by atoms with E-state index in [0.29, 0.717) is 5.69 Å². The predicted octanol–water partition coefficient (Wildman–Crippen LogP) is 2.71. The van der Waals surface area contributed by atoms with Crippen LogP contribution in [0.2, 0.25) is 0 Å². The molecule has 22 heavy (non-hydrogen) atoms. The summed E-state index contributed by atoms with van der Waals surface area (Å²) >= 11 is 0. The summed E-state index contributed by atoms with van der Waals surface area (Å²) in [7, 11) is 0. The van der Waals surface area contributed by atoms with Crippen LogP contribution in [0.3, 0.4) is 0 Å². The van der Waals surface area contributed by atoms with Gasteiger partial charge in [0.25, 0.3) is 0 Å². The summed E-state index contributed by atoms with van der Waals surface area (Å²) < 4.78 is 7.39. The third-order valence-electron chi connectivity index (χ3n) is 3.54. The molecular weight excluding hydrogens is 278 g/mol. The molecule has 1 amide bonds. The first kappa shape index (κ1) is 14.5. The SMILES string of the molecule is O=C(/C=C\c1ccccc1)Nc1cnn(C[C@H]2CCCO2)c1. The van der Waals surface area contributed by atoms with Gasteiger partial charge in [-0.25, -0.2) is 0 Å². The molecule has 114 valence electrons. The van der Waals surface area contributed by atoms with E-state index in [4.69, 9.17) is 4.74 Å².